The van der Waals surface area contributed by atoms with Gasteiger partial charge in [0.1, 0.15) is 23.3 Å². The van der Waals surface area contributed by atoms with Gasteiger partial charge in [0.15, 0.2) is 0 Å². The number of ether oxygens (including phenoxy) is 2. The fourth-order valence-corrected chi connectivity index (χ4v) is 6.05. The summed E-state index contributed by atoms with van der Waals surface area (Å²) < 4.78 is 10.8. The zero-order chi connectivity index (χ0) is 22.8. The number of nitrogens with zero attached hydrogens (tertiary/aromatic N) is 3. The van der Waals surface area contributed by atoms with Crippen molar-refractivity contribution in [3.63, 3.8) is 0 Å². The second-order valence-electron chi connectivity index (χ2n) is 9.19. The predicted octanol–water partition coefficient (Wildman–Crippen LogP) is 3.65. The molecule has 1 aliphatic carbocycles. The average molecular weight is 470 g/mol. The Kier molecular flexibility index (Phi) is 6.64. The lowest BCUT2D eigenvalue weighted by Gasteiger charge is -2.44. The third kappa shape index (κ3) is 5.06. The summed E-state index contributed by atoms with van der Waals surface area (Å²) in [4.78, 5) is 34.0. The minimum Gasteiger partial charge on any atom is -0.490 e. The Morgan fingerprint density at radius 3 is 2.58 bits per heavy atom. The van der Waals surface area contributed by atoms with E-state index in [9.17, 15) is 9.59 Å². The van der Waals surface area contributed by atoms with E-state index >= 15 is 0 Å². The molecule has 7 nitrogen and oxygen atoms in total. The molecule has 0 bridgehead atoms. The van der Waals surface area contributed by atoms with Gasteiger partial charge >= 0.3 is 5.97 Å². The van der Waals surface area contributed by atoms with Crippen LogP contribution in [0.4, 0.5) is 0 Å². The molecule has 5 rings (SSSR count). The molecule has 0 unspecified atom stereocenters. The third-order valence-corrected chi connectivity index (χ3v) is 8.12. The molecule has 8 heteroatoms. The van der Waals surface area contributed by atoms with Crippen LogP contribution in [-0.4, -0.2) is 65.6 Å². The number of thiazole rings is 1. The molecule has 0 N–H and O–H groups in total. The Bertz CT molecular complexity index is 994. The smallest absolute Gasteiger partial charge is 0.315 e. The standard InChI is InChI=1S/C25H31N3O4S/c1-31-24(30)15-23(29)28-12-9-21-22(16-28)33-25(26-21)17-5-7-19(8-6-17)32-20-13-18(14-20)27-10-3-2-4-11-27/h5-8,18,20H,2-4,9-16H2,1H3/t18-,20-. The molecular formula is C25H31N3O4S. The van der Waals surface area contributed by atoms with Crippen LogP contribution in [0.25, 0.3) is 10.6 Å². The molecule has 2 aliphatic heterocycles. The highest BCUT2D eigenvalue weighted by Gasteiger charge is 2.35. The van der Waals surface area contributed by atoms with Crippen LogP contribution in [-0.2, 0) is 27.3 Å². The molecule has 2 aromatic rings. The van der Waals surface area contributed by atoms with Gasteiger partial charge < -0.3 is 19.3 Å². The molecule has 3 aliphatic rings. The van der Waals surface area contributed by atoms with Crippen molar-refractivity contribution in [2.24, 2.45) is 0 Å². The van der Waals surface area contributed by atoms with E-state index in [2.05, 4.69) is 21.8 Å². The Hall–Kier alpha value is -2.45. The van der Waals surface area contributed by atoms with Gasteiger partial charge in [0, 0.05) is 42.3 Å². The zero-order valence-corrected chi connectivity index (χ0v) is 19.9. The van der Waals surface area contributed by atoms with E-state index in [1.54, 1.807) is 16.2 Å². The third-order valence-electron chi connectivity index (χ3n) is 6.99. The molecule has 0 spiro atoms. The van der Waals surface area contributed by atoms with Crippen LogP contribution in [0.2, 0.25) is 0 Å². The van der Waals surface area contributed by atoms with Gasteiger partial charge in [0.2, 0.25) is 5.91 Å². The summed E-state index contributed by atoms with van der Waals surface area (Å²) in [5, 5.41) is 0.961. The van der Waals surface area contributed by atoms with Crippen molar-refractivity contribution in [2.45, 2.75) is 63.6 Å². The topological polar surface area (TPSA) is 72.0 Å². The summed E-state index contributed by atoms with van der Waals surface area (Å²) in [6, 6.07) is 8.92. The van der Waals surface area contributed by atoms with Crippen LogP contribution >= 0.6 is 11.3 Å². The van der Waals surface area contributed by atoms with Crippen LogP contribution in [0.3, 0.4) is 0 Å². The number of carbonyl (C=O) groups excluding carboxylic acids is 2. The van der Waals surface area contributed by atoms with Crippen molar-refractivity contribution < 1.29 is 19.1 Å². The van der Waals surface area contributed by atoms with Crippen LogP contribution in [0.1, 0.15) is 49.1 Å². The number of methoxy groups -OCH3 is 1. The first-order valence-electron chi connectivity index (χ1n) is 11.9. The van der Waals surface area contributed by atoms with Gasteiger partial charge in [0.25, 0.3) is 0 Å². The molecule has 0 atom stereocenters. The highest BCUT2D eigenvalue weighted by molar-refractivity contribution is 7.15. The first kappa shape index (κ1) is 22.3. The molecule has 1 amide bonds. The van der Waals surface area contributed by atoms with Crippen molar-refractivity contribution in [3.8, 4) is 16.3 Å². The lowest BCUT2D eigenvalue weighted by Crippen LogP contribution is -2.50. The molecule has 2 fully saturated rings. The van der Waals surface area contributed by atoms with Gasteiger partial charge in [-0.1, -0.05) is 6.42 Å². The monoisotopic (exact) mass is 469 g/mol. The first-order valence-corrected chi connectivity index (χ1v) is 12.7. The maximum Gasteiger partial charge on any atom is 0.315 e. The number of esters is 1. The van der Waals surface area contributed by atoms with Gasteiger partial charge in [-0.15, -0.1) is 11.3 Å². The van der Waals surface area contributed by atoms with Gasteiger partial charge in [-0.05, 0) is 50.2 Å². The van der Waals surface area contributed by atoms with E-state index < -0.39 is 5.97 Å². The van der Waals surface area contributed by atoms with E-state index in [1.807, 2.05) is 12.1 Å². The Morgan fingerprint density at radius 1 is 1.09 bits per heavy atom. The Morgan fingerprint density at radius 2 is 1.85 bits per heavy atom. The second-order valence-corrected chi connectivity index (χ2v) is 10.3. The number of hydrogen-bond acceptors (Lipinski definition) is 7. The van der Waals surface area contributed by atoms with Gasteiger partial charge in [-0.2, -0.15) is 0 Å². The summed E-state index contributed by atoms with van der Waals surface area (Å²) in [6.45, 7) is 3.59. The number of piperidine rings is 1. The minimum absolute atomic E-state index is 0.192. The van der Waals surface area contributed by atoms with E-state index in [-0.39, 0.29) is 12.3 Å². The molecule has 0 radical (unpaired) electrons. The number of fused-ring (bicyclic) bond motifs is 1. The predicted molar refractivity (Wildman–Crippen MR) is 126 cm³/mol. The molecule has 3 heterocycles. The molecule has 1 aromatic carbocycles. The number of benzene rings is 1. The molecular weight excluding hydrogens is 438 g/mol. The number of amides is 1. The molecule has 33 heavy (non-hydrogen) atoms. The largest absolute Gasteiger partial charge is 0.490 e. The normalized spacial score (nSPS) is 22.9. The quantitative estimate of drug-likeness (QED) is 0.475. The van der Waals surface area contributed by atoms with Crippen LogP contribution in [0.15, 0.2) is 24.3 Å². The fourth-order valence-electron chi connectivity index (χ4n) is 4.92. The number of likely N-dealkylation sites (tertiary alicyclic amines) is 1. The highest BCUT2D eigenvalue weighted by Crippen LogP contribution is 2.35. The summed E-state index contributed by atoms with van der Waals surface area (Å²) in [7, 11) is 1.30. The summed E-state index contributed by atoms with van der Waals surface area (Å²) >= 11 is 1.62. The fraction of sp³-hybridized carbons (Fsp3) is 0.560. The van der Waals surface area contributed by atoms with E-state index in [1.165, 1.54) is 39.5 Å². The average Bonchev–Trinajstić information content (AvgIpc) is 3.25. The number of aromatic nitrogens is 1. The number of carbonyl (C=O) groups is 2. The van der Waals surface area contributed by atoms with Crippen molar-refractivity contribution in [1.29, 1.82) is 0 Å². The Labute approximate surface area is 198 Å². The minimum atomic E-state index is -0.498. The van der Waals surface area contributed by atoms with Crippen LogP contribution in [0.5, 0.6) is 5.75 Å². The zero-order valence-electron chi connectivity index (χ0n) is 19.1. The van der Waals surface area contributed by atoms with Gasteiger partial charge in [-0.3, -0.25) is 9.59 Å². The van der Waals surface area contributed by atoms with E-state index in [0.717, 1.165) is 39.7 Å². The summed E-state index contributed by atoms with van der Waals surface area (Å²) in [5.41, 5.74) is 2.12. The molecule has 1 aromatic heterocycles. The molecule has 1 saturated carbocycles. The van der Waals surface area contributed by atoms with E-state index in [0.29, 0.717) is 31.7 Å². The second kappa shape index (κ2) is 9.81. The summed E-state index contributed by atoms with van der Waals surface area (Å²) in [6.07, 6.45) is 7.14. The van der Waals surface area contributed by atoms with Crippen molar-refractivity contribution in [3.05, 3.63) is 34.8 Å². The van der Waals surface area contributed by atoms with Crippen molar-refractivity contribution in [2.75, 3.05) is 26.7 Å². The lowest BCUT2D eigenvalue weighted by molar-refractivity contribution is -0.147. The Balaban J connectivity index is 1.15. The first-order chi connectivity index (χ1) is 16.1. The molecule has 176 valence electrons. The summed E-state index contributed by atoms with van der Waals surface area (Å²) in [5.74, 6) is 0.228. The maximum atomic E-state index is 12.3. The highest BCUT2D eigenvalue weighted by atomic mass is 32.1. The molecule has 1 saturated heterocycles. The number of rotatable bonds is 6. The van der Waals surface area contributed by atoms with E-state index in [4.69, 9.17) is 9.72 Å². The van der Waals surface area contributed by atoms with Gasteiger partial charge in [0.05, 0.1) is 19.3 Å². The maximum absolute atomic E-state index is 12.3. The van der Waals surface area contributed by atoms with Crippen molar-refractivity contribution in [1.82, 2.24) is 14.8 Å². The van der Waals surface area contributed by atoms with Crippen LogP contribution in [0, 0.1) is 0 Å². The van der Waals surface area contributed by atoms with Gasteiger partial charge in [-0.25, -0.2) is 4.98 Å². The van der Waals surface area contributed by atoms with Crippen LogP contribution < -0.4 is 4.74 Å². The SMILES string of the molecule is COC(=O)CC(=O)N1CCc2nc(-c3ccc(O[C@H]4C[C@H](N5CCCCC5)C4)cc3)sc2C1. The number of hydrogen-bond donors (Lipinski definition) is 0. The van der Waals surface area contributed by atoms with Crippen molar-refractivity contribution >= 4 is 23.2 Å². The lowest BCUT2D eigenvalue weighted by atomic mass is 9.86.